The first kappa shape index (κ1) is 24.8. The lowest BCUT2D eigenvalue weighted by atomic mass is 10.1. The number of benzene rings is 1. The molecule has 0 atom stereocenters. The van der Waals surface area contributed by atoms with E-state index in [0.717, 1.165) is 30.2 Å². The minimum atomic E-state index is -0.176. The van der Waals surface area contributed by atoms with Gasteiger partial charge in [0.2, 0.25) is 0 Å². The molecule has 0 fully saturated rings. The summed E-state index contributed by atoms with van der Waals surface area (Å²) >= 11 is 6.24. The summed E-state index contributed by atoms with van der Waals surface area (Å²) in [7, 11) is 1.62. The Morgan fingerprint density at radius 2 is 2.04 bits per heavy atom. The lowest BCUT2D eigenvalue weighted by Gasteiger charge is -2.12. The Kier molecular flexibility index (Phi) is 14.2. The molecule has 0 saturated carbocycles. The number of carbonyl (C=O) groups is 1. The van der Waals surface area contributed by atoms with E-state index in [2.05, 4.69) is 15.6 Å². The van der Waals surface area contributed by atoms with Gasteiger partial charge in [-0.15, -0.1) is 24.0 Å². The van der Waals surface area contributed by atoms with Crippen molar-refractivity contribution < 1.29 is 14.3 Å². The number of ether oxygens (including phenoxy) is 2. The van der Waals surface area contributed by atoms with Gasteiger partial charge in [0.25, 0.3) is 0 Å². The van der Waals surface area contributed by atoms with Crippen LogP contribution in [0.15, 0.2) is 23.2 Å². The van der Waals surface area contributed by atoms with Crippen molar-refractivity contribution in [1.82, 2.24) is 10.6 Å². The standard InChI is InChI=1S/C18H28ClN3O3.HI/c1-4-20-18(21-11-6-7-17(23)25-5-2)22-12-10-14-8-9-15(24-3)13-16(14)19;/h8-9,13H,4-7,10-12H2,1-3H3,(H2,20,21,22);1H. The zero-order valence-electron chi connectivity index (χ0n) is 15.6. The van der Waals surface area contributed by atoms with E-state index in [4.69, 9.17) is 21.1 Å². The summed E-state index contributed by atoms with van der Waals surface area (Å²) in [5.41, 5.74) is 1.05. The van der Waals surface area contributed by atoms with Crippen LogP contribution in [-0.2, 0) is 16.0 Å². The molecule has 148 valence electrons. The maximum Gasteiger partial charge on any atom is 0.305 e. The van der Waals surface area contributed by atoms with Crippen LogP contribution in [0.5, 0.6) is 5.75 Å². The van der Waals surface area contributed by atoms with Gasteiger partial charge < -0.3 is 20.1 Å². The van der Waals surface area contributed by atoms with Crippen LogP contribution < -0.4 is 15.4 Å². The molecule has 0 unspecified atom stereocenters. The van der Waals surface area contributed by atoms with Gasteiger partial charge in [-0.25, -0.2) is 0 Å². The third-order valence-electron chi connectivity index (χ3n) is 3.41. The summed E-state index contributed by atoms with van der Waals surface area (Å²) in [6.07, 6.45) is 1.83. The molecule has 1 rings (SSSR count). The Labute approximate surface area is 178 Å². The monoisotopic (exact) mass is 497 g/mol. The highest BCUT2D eigenvalue weighted by atomic mass is 127. The van der Waals surface area contributed by atoms with Gasteiger partial charge in [-0.2, -0.15) is 0 Å². The van der Waals surface area contributed by atoms with E-state index >= 15 is 0 Å². The van der Waals surface area contributed by atoms with Gasteiger partial charge in [-0.1, -0.05) is 17.7 Å². The Morgan fingerprint density at radius 3 is 2.65 bits per heavy atom. The summed E-state index contributed by atoms with van der Waals surface area (Å²) in [6.45, 7) is 6.27. The van der Waals surface area contributed by atoms with E-state index in [9.17, 15) is 4.79 Å². The molecule has 0 aliphatic rings. The third kappa shape index (κ3) is 10.1. The molecule has 26 heavy (non-hydrogen) atoms. The molecule has 0 aliphatic carbocycles. The van der Waals surface area contributed by atoms with Crippen molar-refractivity contribution >= 4 is 47.5 Å². The number of methoxy groups -OCH3 is 1. The van der Waals surface area contributed by atoms with Crippen LogP contribution in [0.25, 0.3) is 0 Å². The first-order chi connectivity index (χ1) is 12.1. The van der Waals surface area contributed by atoms with E-state index in [1.54, 1.807) is 14.0 Å². The first-order valence-corrected chi connectivity index (χ1v) is 8.98. The van der Waals surface area contributed by atoms with Crippen LogP contribution in [0.2, 0.25) is 5.02 Å². The van der Waals surface area contributed by atoms with Crippen molar-refractivity contribution in [2.75, 3.05) is 33.4 Å². The van der Waals surface area contributed by atoms with Crippen LogP contribution >= 0.6 is 35.6 Å². The molecule has 1 aromatic rings. The van der Waals surface area contributed by atoms with Crippen LogP contribution in [0.1, 0.15) is 32.3 Å². The molecule has 6 nitrogen and oxygen atoms in total. The molecule has 0 aliphatic heterocycles. The van der Waals surface area contributed by atoms with Crippen LogP contribution in [0.3, 0.4) is 0 Å². The first-order valence-electron chi connectivity index (χ1n) is 8.60. The summed E-state index contributed by atoms with van der Waals surface area (Å²) in [6, 6.07) is 5.67. The minimum Gasteiger partial charge on any atom is -0.497 e. The normalized spacial score (nSPS) is 10.7. The van der Waals surface area contributed by atoms with Gasteiger partial charge in [0.05, 0.1) is 13.7 Å². The SMILES string of the molecule is CCNC(=NCCCC(=O)OCC)NCCc1ccc(OC)cc1Cl.I. The number of nitrogens with zero attached hydrogens (tertiary/aromatic N) is 1. The molecule has 0 spiro atoms. The molecule has 8 heteroatoms. The van der Waals surface area contributed by atoms with Crippen molar-refractivity contribution in [2.45, 2.75) is 33.1 Å². The maximum absolute atomic E-state index is 11.3. The van der Waals surface area contributed by atoms with Gasteiger partial charge >= 0.3 is 5.97 Å². The number of rotatable bonds is 10. The zero-order chi connectivity index (χ0) is 18.5. The van der Waals surface area contributed by atoms with E-state index in [0.29, 0.717) is 37.6 Å². The van der Waals surface area contributed by atoms with Crippen LogP contribution in [0, 0.1) is 0 Å². The smallest absolute Gasteiger partial charge is 0.305 e. The van der Waals surface area contributed by atoms with E-state index in [1.165, 1.54) is 0 Å². The van der Waals surface area contributed by atoms with Crippen LogP contribution in [-0.4, -0.2) is 45.3 Å². The molecule has 0 aromatic heterocycles. The fourth-order valence-corrected chi connectivity index (χ4v) is 2.43. The summed E-state index contributed by atoms with van der Waals surface area (Å²) in [4.78, 5) is 15.8. The van der Waals surface area contributed by atoms with Crippen molar-refractivity contribution in [1.29, 1.82) is 0 Å². The second kappa shape index (κ2) is 14.9. The second-order valence-electron chi connectivity index (χ2n) is 5.30. The molecular weight excluding hydrogens is 469 g/mol. The molecule has 2 N–H and O–H groups in total. The van der Waals surface area contributed by atoms with E-state index in [-0.39, 0.29) is 29.9 Å². The highest BCUT2D eigenvalue weighted by molar-refractivity contribution is 14.0. The van der Waals surface area contributed by atoms with Gasteiger partial charge in [-0.3, -0.25) is 9.79 Å². The van der Waals surface area contributed by atoms with Crippen molar-refractivity contribution in [3.8, 4) is 5.75 Å². The number of halogens is 2. The molecule has 1 aromatic carbocycles. The maximum atomic E-state index is 11.3. The van der Waals surface area contributed by atoms with Crippen molar-refractivity contribution in [3.63, 3.8) is 0 Å². The second-order valence-corrected chi connectivity index (χ2v) is 5.71. The number of carbonyl (C=O) groups excluding carboxylic acids is 1. The number of hydrogen-bond acceptors (Lipinski definition) is 4. The predicted octanol–water partition coefficient (Wildman–Crippen LogP) is 3.41. The molecule has 0 heterocycles. The zero-order valence-corrected chi connectivity index (χ0v) is 18.7. The topological polar surface area (TPSA) is 72.0 Å². The van der Waals surface area contributed by atoms with Gasteiger partial charge in [0.1, 0.15) is 5.75 Å². The van der Waals surface area contributed by atoms with E-state index < -0.39 is 0 Å². The Morgan fingerprint density at radius 1 is 1.27 bits per heavy atom. The molecule has 0 saturated heterocycles. The highest BCUT2D eigenvalue weighted by Crippen LogP contribution is 2.22. The van der Waals surface area contributed by atoms with Gasteiger partial charge in [0, 0.05) is 31.1 Å². The average molecular weight is 498 g/mol. The van der Waals surface area contributed by atoms with Gasteiger partial charge in [0.15, 0.2) is 5.96 Å². The fraction of sp³-hybridized carbons (Fsp3) is 0.556. The summed E-state index contributed by atoms with van der Waals surface area (Å²) in [5.74, 6) is 1.30. The Bertz CT molecular complexity index is 571. The largest absolute Gasteiger partial charge is 0.497 e. The summed E-state index contributed by atoms with van der Waals surface area (Å²) < 4.78 is 10.0. The summed E-state index contributed by atoms with van der Waals surface area (Å²) in [5, 5.41) is 7.15. The lowest BCUT2D eigenvalue weighted by molar-refractivity contribution is -0.143. The highest BCUT2D eigenvalue weighted by Gasteiger charge is 2.04. The Hall–Kier alpha value is -1.22. The Balaban J connectivity index is 0.00000625. The number of nitrogens with one attached hydrogen (secondary N) is 2. The third-order valence-corrected chi connectivity index (χ3v) is 3.76. The number of hydrogen-bond donors (Lipinski definition) is 2. The van der Waals surface area contributed by atoms with Crippen molar-refractivity contribution in [2.24, 2.45) is 4.99 Å². The van der Waals surface area contributed by atoms with Crippen LogP contribution in [0.4, 0.5) is 0 Å². The van der Waals surface area contributed by atoms with E-state index in [1.807, 2.05) is 25.1 Å². The number of aliphatic imine (C=N–C) groups is 1. The predicted molar refractivity (Wildman–Crippen MR) is 117 cm³/mol. The van der Waals surface area contributed by atoms with Crippen molar-refractivity contribution in [3.05, 3.63) is 28.8 Å². The molecule has 0 bridgehead atoms. The minimum absolute atomic E-state index is 0. The molecule has 0 radical (unpaired) electrons. The number of guanidine groups is 1. The average Bonchev–Trinajstić information content (AvgIpc) is 2.60. The quantitative estimate of drug-likeness (QED) is 0.170. The number of esters is 1. The molecular formula is C18H29ClIN3O3. The lowest BCUT2D eigenvalue weighted by Crippen LogP contribution is -2.38. The fourth-order valence-electron chi connectivity index (χ4n) is 2.16. The molecule has 0 amide bonds. The van der Waals surface area contributed by atoms with Gasteiger partial charge in [-0.05, 0) is 44.4 Å².